The summed E-state index contributed by atoms with van der Waals surface area (Å²) >= 11 is 0. The Labute approximate surface area is 139 Å². The van der Waals surface area contributed by atoms with Crippen LogP contribution in [0.3, 0.4) is 0 Å². The standard InChI is InChI=1S/C17H18O7/c1-9(18)24-12-8-11(17(19)23-5)6-10-7-13(20-2)15(21-3)16(22-4)14(10)12/h6-8H,1-5H3. The van der Waals surface area contributed by atoms with E-state index < -0.39 is 11.9 Å². The van der Waals surface area contributed by atoms with Gasteiger partial charge in [-0.2, -0.15) is 0 Å². The summed E-state index contributed by atoms with van der Waals surface area (Å²) in [7, 11) is 5.69. The Morgan fingerprint density at radius 2 is 1.50 bits per heavy atom. The van der Waals surface area contributed by atoms with Crippen LogP contribution >= 0.6 is 0 Å². The van der Waals surface area contributed by atoms with Crippen LogP contribution in [-0.4, -0.2) is 40.4 Å². The van der Waals surface area contributed by atoms with E-state index in [9.17, 15) is 9.59 Å². The zero-order chi connectivity index (χ0) is 17.9. The van der Waals surface area contributed by atoms with Gasteiger partial charge in [0.25, 0.3) is 0 Å². The topological polar surface area (TPSA) is 80.3 Å². The molecule has 0 bridgehead atoms. The highest BCUT2D eigenvalue weighted by Crippen LogP contribution is 2.47. The lowest BCUT2D eigenvalue weighted by atomic mass is 10.0. The molecule has 0 radical (unpaired) electrons. The molecular formula is C17H18O7. The maximum Gasteiger partial charge on any atom is 0.338 e. The van der Waals surface area contributed by atoms with Gasteiger partial charge in [-0.3, -0.25) is 4.79 Å². The predicted molar refractivity (Wildman–Crippen MR) is 86.3 cm³/mol. The van der Waals surface area contributed by atoms with E-state index in [1.54, 1.807) is 12.1 Å². The Kier molecular flexibility index (Phi) is 5.13. The molecule has 2 aromatic carbocycles. The van der Waals surface area contributed by atoms with Gasteiger partial charge in [-0.1, -0.05) is 0 Å². The van der Waals surface area contributed by atoms with E-state index in [0.29, 0.717) is 28.0 Å². The minimum absolute atomic E-state index is 0.165. The fraction of sp³-hybridized carbons (Fsp3) is 0.294. The molecule has 0 aliphatic rings. The van der Waals surface area contributed by atoms with Crippen molar-refractivity contribution in [3.05, 3.63) is 23.8 Å². The second kappa shape index (κ2) is 7.08. The molecule has 0 N–H and O–H groups in total. The van der Waals surface area contributed by atoms with Crippen LogP contribution in [0.1, 0.15) is 17.3 Å². The second-order valence-electron chi connectivity index (χ2n) is 4.80. The summed E-state index contributed by atoms with van der Waals surface area (Å²) in [4.78, 5) is 23.3. The van der Waals surface area contributed by atoms with Crippen molar-refractivity contribution in [3.63, 3.8) is 0 Å². The third-order valence-electron chi connectivity index (χ3n) is 3.38. The normalized spacial score (nSPS) is 10.2. The first kappa shape index (κ1) is 17.4. The van der Waals surface area contributed by atoms with Gasteiger partial charge < -0.3 is 23.7 Å². The number of rotatable bonds is 5. The fourth-order valence-corrected chi connectivity index (χ4v) is 2.44. The maximum absolute atomic E-state index is 11.9. The predicted octanol–water partition coefficient (Wildman–Crippen LogP) is 2.58. The van der Waals surface area contributed by atoms with Crippen molar-refractivity contribution < 1.29 is 33.3 Å². The number of esters is 2. The van der Waals surface area contributed by atoms with Crippen molar-refractivity contribution in [3.8, 4) is 23.0 Å². The summed E-state index contributed by atoms with van der Waals surface area (Å²) in [6.45, 7) is 1.27. The molecule has 24 heavy (non-hydrogen) atoms. The Balaban J connectivity index is 2.91. The molecular weight excluding hydrogens is 316 g/mol. The van der Waals surface area contributed by atoms with Gasteiger partial charge in [0.2, 0.25) is 5.75 Å². The van der Waals surface area contributed by atoms with Crippen molar-refractivity contribution in [1.82, 2.24) is 0 Å². The van der Waals surface area contributed by atoms with Gasteiger partial charge in [-0.05, 0) is 23.6 Å². The van der Waals surface area contributed by atoms with Gasteiger partial charge in [-0.15, -0.1) is 0 Å². The van der Waals surface area contributed by atoms with Crippen molar-refractivity contribution in [2.24, 2.45) is 0 Å². The van der Waals surface area contributed by atoms with Crippen molar-refractivity contribution in [2.45, 2.75) is 6.92 Å². The van der Waals surface area contributed by atoms with Crippen LogP contribution in [-0.2, 0) is 9.53 Å². The van der Waals surface area contributed by atoms with Gasteiger partial charge in [0.05, 0.1) is 39.4 Å². The Morgan fingerprint density at radius 3 is 2.00 bits per heavy atom. The molecule has 0 aliphatic carbocycles. The van der Waals surface area contributed by atoms with Gasteiger partial charge in [0.1, 0.15) is 5.75 Å². The molecule has 0 aromatic heterocycles. The first-order chi connectivity index (χ1) is 11.5. The van der Waals surface area contributed by atoms with Crippen LogP contribution in [0.2, 0.25) is 0 Å². The van der Waals surface area contributed by atoms with E-state index in [2.05, 4.69) is 0 Å². The molecule has 0 aliphatic heterocycles. The SMILES string of the molecule is COC(=O)c1cc(OC(C)=O)c2c(OC)c(OC)c(OC)cc2c1. The Morgan fingerprint density at radius 1 is 0.833 bits per heavy atom. The van der Waals surface area contributed by atoms with Gasteiger partial charge in [0.15, 0.2) is 11.5 Å². The lowest BCUT2D eigenvalue weighted by Crippen LogP contribution is -2.07. The van der Waals surface area contributed by atoms with Crippen LogP contribution in [0.25, 0.3) is 10.8 Å². The fourth-order valence-electron chi connectivity index (χ4n) is 2.44. The molecule has 2 aromatic rings. The van der Waals surface area contributed by atoms with E-state index in [1.165, 1.54) is 41.4 Å². The lowest BCUT2D eigenvalue weighted by Gasteiger charge is -2.17. The quantitative estimate of drug-likeness (QED) is 0.614. The molecule has 2 rings (SSSR count). The highest BCUT2D eigenvalue weighted by Gasteiger charge is 2.22. The second-order valence-corrected chi connectivity index (χ2v) is 4.80. The van der Waals surface area contributed by atoms with E-state index in [4.69, 9.17) is 23.7 Å². The minimum atomic E-state index is -0.556. The molecule has 0 saturated carbocycles. The molecule has 0 saturated heterocycles. The third kappa shape index (κ3) is 3.05. The number of hydrogen-bond donors (Lipinski definition) is 0. The monoisotopic (exact) mass is 334 g/mol. The average molecular weight is 334 g/mol. The van der Waals surface area contributed by atoms with Crippen LogP contribution in [0, 0.1) is 0 Å². The summed E-state index contributed by atoms with van der Waals surface area (Å²) in [5.41, 5.74) is 0.232. The van der Waals surface area contributed by atoms with Crippen LogP contribution < -0.4 is 18.9 Å². The summed E-state index contributed by atoms with van der Waals surface area (Å²) in [6.07, 6.45) is 0. The third-order valence-corrected chi connectivity index (χ3v) is 3.38. The van der Waals surface area contributed by atoms with E-state index in [-0.39, 0.29) is 11.3 Å². The number of benzene rings is 2. The summed E-state index contributed by atoms with van der Waals surface area (Å²) < 4.78 is 26.1. The summed E-state index contributed by atoms with van der Waals surface area (Å²) in [5.74, 6) is 0.177. The molecule has 128 valence electrons. The number of fused-ring (bicyclic) bond motifs is 1. The van der Waals surface area contributed by atoms with E-state index in [0.717, 1.165) is 0 Å². The number of ether oxygens (including phenoxy) is 5. The molecule has 0 fully saturated rings. The highest BCUT2D eigenvalue weighted by molar-refractivity contribution is 6.03. The van der Waals surface area contributed by atoms with Crippen molar-refractivity contribution in [1.29, 1.82) is 0 Å². The van der Waals surface area contributed by atoms with Crippen LogP contribution in [0.15, 0.2) is 18.2 Å². The number of methoxy groups -OCH3 is 4. The zero-order valence-corrected chi connectivity index (χ0v) is 14.1. The van der Waals surface area contributed by atoms with Gasteiger partial charge in [-0.25, -0.2) is 4.79 Å². The molecule has 0 heterocycles. The largest absolute Gasteiger partial charge is 0.493 e. The zero-order valence-electron chi connectivity index (χ0n) is 14.1. The van der Waals surface area contributed by atoms with Crippen LogP contribution in [0.4, 0.5) is 0 Å². The molecule has 0 unspecified atom stereocenters. The van der Waals surface area contributed by atoms with E-state index >= 15 is 0 Å². The smallest absolute Gasteiger partial charge is 0.338 e. The van der Waals surface area contributed by atoms with Gasteiger partial charge >= 0.3 is 11.9 Å². The van der Waals surface area contributed by atoms with E-state index in [1.807, 2.05) is 0 Å². The number of hydrogen-bond acceptors (Lipinski definition) is 7. The van der Waals surface area contributed by atoms with Crippen molar-refractivity contribution in [2.75, 3.05) is 28.4 Å². The average Bonchev–Trinajstić information content (AvgIpc) is 2.58. The highest BCUT2D eigenvalue weighted by atomic mass is 16.5. The Bertz CT molecular complexity index is 795. The first-order valence-electron chi connectivity index (χ1n) is 7.00. The lowest BCUT2D eigenvalue weighted by molar-refractivity contribution is -0.131. The molecule has 0 amide bonds. The first-order valence-corrected chi connectivity index (χ1v) is 7.00. The maximum atomic E-state index is 11.9. The Hall–Kier alpha value is -2.96. The van der Waals surface area contributed by atoms with Crippen molar-refractivity contribution >= 4 is 22.7 Å². The molecule has 7 heteroatoms. The number of carbonyl (C=O) groups is 2. The minimum Gasteiger partial charge on any atom is -0.493 e. The molecule has 0 spiro atoms. The number of carbonyl (C=O) groups excluding carboxylic acids is 2. The summed E-state index contributed by atoms with van der Waals surface area (Å²) in [6, 6.07) is 4.68. The summed E-state index contributed by atoms with van der Waals surface area (Å²) in [5, 5.41) is 1.06. The van der Waals surface area contributed by atoms with Gasteiger partial charge in [0, 0.05) is 6.92 Å². The molecule has 7 nitrogen and oxygen atoms in total. The molecule has 0 atom stereocenters. The van der Waals surface area contributed by atoms with Crippen LogP contribution in [0.5, 0.6) is 23.0 Å².